The highest BCUT2D eigenvalue weighted by Gasteiger charge is 2.10. The van der Waals surface area contributed by atoms with E-state index >= 15 is 0 Å². The summed E-state index contributed by atoms with van der Waals surface area (Å²) >= 11 is 0. The summed E-state index contributed by atoms with van der Waals surface area (Å²) in [7, 11) is 0. The lowest BCUT2D eigenvalue weighted by Crippen LogP contribution is -2.40. The number of amidine groups is 1. The van der Waals surface area contributed by atoms with Crippen molar-refractivity contribution in [1.82, 2.24) is 5.01 Å². The van der Waals surface area contributed by atoms with E-state index in [0.717, 1.165) is 0 Å². The van der Waals surface area contributed by atoms with Crippen molar-refractivity contribution in [2.24, 2.45) is 27.0 Å². The summed E-state index contributed by atoms with van der Waals surface area (Å²) in [6, 6.07) is 0. The minimum absolute atomic E-state index is 0.119. The zero-order valence-corrected chi connectivity index (χ0v) is 6.44. The third-order valence-corrected chi connectivity index (χ3v) is 1.50. The van der Waals surface area contributed by atoms with Crippen LogP contribution in [0.5, 0.6) is 0 Å². The van der Waals surface area contributed by atoms with Crippen molar-refractivity contribution in [2.75, 3.05) is 6.54 Å². The quantitative estimate of drug-likeness (QED) is 0.469. The van der Waals surface area contributed by atoms with Gasteiger partial charge in [-0.1, -0.05) is 0 Å². The summed E-state index contributed by atoms with van der Waals surface area (Å²) in [6.07, 6.45) is 0.520. The molecule has 0 radical (unpaired) electrons. The number of nitrogens with two attached hydrogens (primary N) is 2. The molecule has 1 heterocycles. The highest BCUT2D eigenvalue weighted by Crippen LogP contribution is 2.00. The Bertz CT molecular complexity index is 185. The smallest absolute Gasteiger partial charge is 0.134 e. The minimum Gasteiger partial charge on any atom is -0.386 e. The van der Waals surface area contributed by atoms with Gasteiger partial charge in [0.2, 0.25) is 0 Å². The highest BCUT2D eigenvalue weighted by atomic mass is 15.5. The van der Waals surface area contributed by atoms with Crippen LogP contribution in [0, 0.1) is 0 Å². The summed E-state index contributed by atoms with van der Waals surface area (Å²) in [5, 5.41) is 12.5. The Hall–Kier alpha value is -1.01. The Morgan fingerprint density at radius 1 is 1.64 bits per heavy atom. The van der Waals surface area contributed by atoms with E-state index in [2.05, 4.69) is 15.4 Å². The average Bonchev–Trinajstić information content (AvgIpc) is 1.98. The maximum Gasteiger partial charge on any atom is 0.134 e. The van der Waals surface area contributed by atoms with Crippen LogP contribution in [0.1, 0.15) is 13.3 Å². The molecule has 6 heteroatoms. The van der Waals surface area contributed by atoms with Gasteiger partial charge in [0.15, 0.2) is 0 Å². The van der Waals surface area contributed by atoms with Crippen molar-refractivity contribution in [2.45, 2.75) is 19.5 Å². The summed E-state index contributed by atoms with van der Waals surface area (Å²) in [5.74, 6) is 6.05. The van der Waals surface area contributed by atoms with E-state index in [1.165, 1.54) is 0 Å². The van der Waals surface area contributed by atoms with Gasteiger partial charge in [0.25, 0.3) is 0 Å². The normalized spacial score (nSPS) is 32.2. The summed E-state index contributed by atoms with van der Waals surface area (Å²) in [4.78, 5) is 0. The molecule has 0 spiro atoms. The zero-order valence-electron chi connectivity index (χ0n) is 6.44. The predicted molar refractivity (Wildman–Crippen MR) is 41.5 cm³/mol. The molecule has 1 aliphatic heterocycles. The largest absolute Gasteiger partial charge is 0.386 e. The van der Waals surface area contributed by atoms with Crippen LogP contribution < -0.4 is 11.6 Å². The van der Waals surface area contributed by atoms with Crippen molar-refractivity contribution >= 4 is 5.84 Å². The molecule has 0 aromatic heterocycles. The van der Waals surface area contributed by atoms with Gasteiger partial charge in [0.05, 0.1) is 0 Å². The van der Waals surface area contributed by atoms with Gasteiger partial charge in [-0.2, -0.15) is 0 Å². The van der Waals surface area contributed by atoms with Gasteiger partial charge in [-0.05, 0) is 12.1 Å². The Morgan fingerprint density at radius 2 is 2.36 bits per heavy atom. The summed E-state index contributed by atoms with van der Waals surface area (Å²) in [6.45, 7) is 2.51. The van der Waals surface area contributed by atoms with Crippen LogP contribution in [0.2, 0.25) is 0 Å². The summed E-state index contributed by atoms with van der Waals surface area (Å²) < 4.78 is 0. The monoisotopic (exact) mass is 156 g/mol. The van der Waals surface area contributed by atoms with Gasteiger partial charge < -0.3 is 5.73 Å². The molecule has 0 fully saturated rings. The first kappa shape index (κ1) is 8.09. The number of nitrogens with zero attached hydrogens (tertiary/aromatic N) is 4. The SMILES string of the molecule is CC1N=N/N=C(\N)CCN1N. The molecule has 0 saturated heterocycles. The summed E-state index contributed by atoms with van der Waals surface area (Å²) in [5.41, 5.74) is 5.43. The van der Waals surface area contributed by atoms with Crippen LogP contribution in [0.25, 0.3) is 0 Å². The molecule has 1 rings (SSSR count). The molecule has 6 nitrogen and oxygen atoms in total. The van der Waals surface area contributed by atoms with Gasteiger partial charge in [0, 0.05) is 13.0 Å². The number of hydrogen-bond donors (Lipinski definition) is 2. The maximum absolute atomic E-state index is 5.58. The highest BCUT2D eigenvalue weighted by molar-refractivity contribution is 5.80. The molecule has 1 aliphatic rings. The van der Waals surface area contributed by atoms with E-state index in [1.54, 1.807) is 5.01 Å². The predicted octanol–water partition coefficient (Wildman–Crippen LogP) is -0.364. The molecule has 1 unspecified atom stereocenters. The molecule has 62 valence electrons. The van der Waals surface area contributed by atoms with Gasteiger partial charge >= 0.3 is 0 Å². The van der Waals surface area contributed by atoms with Crippen LogP contribution in [0.4, 0.5) is 0 Å². The molecule has 0 aliphatic carbocycles. The van der Waals surface area contributed by atoms with Crippen molar-refractivity contribution in [3.8, 4) is 0 Å². The van der Waals surface area contributed by atoms with Gasteiger partial charge in [0.1, 0.15) is 12.0 Å². The van der Waals surface area contributed by atoms with Crippen molar-refractivity contribution in [3.63, 3.8) is 0 Å². The Morgan fingerprint density at radius 3 is 3.09 bits per heavy atom. The first-order chi connectivity index (χ1) is 5.20. The number of hydrazine groups is 1. The van der Waals surface area contributed by atoms with Crippen LogP contribution in [-0.4, -0.2) is 23.6 Å². The Balaban J connectivity index is 2.64. The van der Waals surface area contributed by atoms with Crippen LogP contribution in [-0.2, 0) is 0 Å². The standard InChI is InChI=1S/C5H12N6/c1-4-8-10-9-5(6)2-3-11(4)7/h4H,2-3,7H2,1H3,(H2,6,8,9). The molecule has 0 aromatic rings. The first-order valence-corrected chi connectivity index (χ1v) is 3.43. The van der Waals surface area contributed by atoms with Crippen molar-refractivity contribution in [1.29, 1.82) is 0 Å². The van der Waals surface area contributed by atoms with Gasteiger partial charge in [-0.15, -0.1) is 10.2 Å². The number of rotatable bonds is 0. The molecular formula is C5H12N6. The third-order valence-electron chi connectivity index (χ3n) is 1.50. The van der Waals surface area contributed by atoms with E-state index in [0.29, 0.717) is 18.8 Å². The lowest BCUT2D eigenvalue weighted by atomic mass is 10.4. The molecule has 0 saturated carbocycles. The molecule has 11 heavy (non-hydrogen) atoms. The topological polar surface area (TPSA) is 92.4 Å². The van der Waals surface area contributed by atoms with Crippen molar-refractivity contribution in [3.05, 3.63) is 0 Å². The Kier molecular flexibility index (Phi) is 2.50. The molecule has 0 bridgehead atoms. The van der Waals surface area contributed by atoms with E-state index in [4.69, 9.17) is 11.6 Å². The van der Waals surface area contributed by atoms with Gasteiger partial charge in [-0.3, -0.25) is 5.84 Å². The second-order valence-corrected chi connectivity index (χ2v) is 2.42. The molecule has 4 N–H and O–H groups in total. The lowest BCUT2D eigenvalue weighted by Gasteiger charge is -2.19. The second-order valence-electron chi connectivity index (χ2n) is 2.42. The molecular weight excluding hydrogens is 144 g/mol. The van der Waals surface area contributed by atoms with E-state index < -0.39 is 0 Å². The zero-order chi connectivity index (χ0) is 8.27. The molecule has 0 amide bonds. The fourth-order valence-electron chi connectivity index (χ4n) is 0.705. The molecule has 1 atom stereocenters. The van der Waals surface area contributed by atoms with E-state index in [9.17, 15) is 0 Å². The third kappa shape index (κ3) is 2.24. The Labute approximate surface area is 64.9 Å². The van der Waals surface area contributed by atoms with Gasteiger partial charge in [-0.25, -0.2) is 5.01 Å². The van der Waals surface area contributed by atoms with Crippen molar-refractivity contribution < 1.29 is 0 Å². The second kappa shape index (κ2) is 3.40. The minimum atomic E-state index is -0.119. The van der Waals surface area contributed by atoms with Crippen LogP contribution >= 0.6 is 0 Å². The van der Waals surface area contributed by atoms with E-state index in [-0.39, 0.29) is 6.17 Å². The van der Waals surface area contributed by atoms with Crippen LogP contribution in [0.15, 0.2) is 15.4 Å². The molecule has 0 aromatic carbocycles. The first-order valence-electron chi connectivity index (χ1n) is 3.43. The fraction of sp³-hybridized carbons (Fsp3) is 0.800. The fourth-order valence-corrected chi connectivity index (χ4v) is 0.705. The average molecular weight is 156 g/mol. The van der Waals surface area contributed by atoms with E-state index in [1.807, 2.05) is 6.92 Å². The maximum atomic E-state index is 5.58. The number of hydrogen-bond acceptors (Lipinski definition) is 6. The lowest BCUT2D eigenvalue weighted by molar-refractivity contribution is 0.216. The van der Waals surface area contributed by atoms with Crippen LogP contribution in [0.3, 0.4) is 0 Å².